The number of aromatic nitrogens is 1. The number of nitrogens with one attached hydrogen (secondary N) is 1. The minimum atomic E-state index is -0.894. The highest BCUT2D eigenvalue weighted by Crippen LogP contribution is 2.28. The Labute approximate surface area is 98.7 Å². The van der Waals surface area contributed by atoms with Crippen molar-refractivity contribution in [1.29, 1.82) is 0 Å². The monoisotopic (exact) mass is 236 g/mol. The molecule has 0 atom stereocenters. The van der Waals surface area contributed by atoms with Crippen molar-refractivity contribution in [3.05, 3.63) is 35.4 Å². The summed E-state index contributed by atoms with van der Waals surface area (Å²) in [5, 5.41) is 3.53. The molecule has 0 spiro atoms. The number of anilines is 1. The van der Waals surface area contributed by atoms with Gasteiger partial charge in [-0.3, -0.25) is 0 Å². The first-order chi connectivity index (χ1) is 8.04. The fourth-order valence-corrected chi connectivity index (χ4v) is 1.84. The van der Waals surface area contributed by atoms with Crippen LogP contribution in [0.25, 0.3) is 10.9 Å². The van der Waals surface area contributed by atoms with Gasteiger partial charge in [-0.1, -0.05) is 13.8 Å². The summed E-state index contributed by atoms with van der Waals surface area (Å²) >= 11 is 0. The molecule has 1 N–H and O–H groups in total. The SMILES string of the molecule is CNc1nc2c(F)c(F)ccc2cc1C(C)C. The van der Waals surface area contributed by atoms with Crippen LogP contribution in [-0.2, 0) is 0 Å². The van der Waals surface area contributed by atoms with Crippen LogP contribution in [0, 0.1) is 11.6 Å². The molecule has 90 valence electrons. The third-order valence-corrected chi connectivity index (χ3v) is 2.77. The summed E-state index contributed by atoms with van der Waals surface area (Å²) in [6.07, 6.45) is 0. The summed E-state index contributed by atoms with van der Waals surface area (Å²) in [4.78, 5) is 4.15. The molecule has 4 heteroatoms. The van der Waals surface area contributed by atoms with Crippen molar-refractivity contribution in [2.75, 3.05) is 12.4 Å². The largest absolute Gasteiger partial charge is 0.373 e. The van der Waals surface area contributed by atoms with E-state index in [-0.39, 0.29) is 11.4 Å². The van der Waals surface area contributed by atoms with Gasteiger partial charge in [-0.15, -0.1) is 0 Å². The Morgan fingerprint density at radius 2 is 1.94 bits per heavy atom. The van der Waals surface area contributed by atoms with E-state index in [0.717, 1.165) is 11.6 Å². The Balaban J connectivity index is 2.78. The zero-order chi connectivity index (χ0) is 12.6. The Bertz CT molecular complexity index is 565. The van der Waals surface area contributed by atoms with Crippen LogP contribution in [0.5, 0.6) is 0 Å². The number of halogens is 2. The van der Waals surface area contributed by atoms with Crippen LogP contribution >= 0.6 is 0 Å². The third kappa shape index (κ3) is 1.95. The molecule has 1 heterocycles. The summed E-state index contributed by atoms with van der Waals surface area (Å²) in [6, 6.07) is 4.52. The lowest BCUT2D eigenvalue weighted by Gasteiger charge is -2.13. The maximum atomic E-state index is 13.6. The molecule has 0 saturated heterocycles. The Morgan fingerprint density at radius 3 is 2.53 bits per heavy atom. The molecule has 1 aromatic carbocycles. The van der Waals surface area contributed by atoms with E-state index in [1.165, 1.54) is 0 Å². The van der Waals surface area contributed by atoms with Crippen molar-refractivity contribution >= 4 is 16.7 Å². The summed E-state index contributed by atoms with van der Waals surface area (Å²) in [5.41, 5.74) is 1.06. The molecule has 0 bridgehead atoms. The fraction of sp³-hybridized carbons (Fsp3) is 0.308. The second-order valence-electron chi connectivity index (χ2n) is 4.26. The molecule has 2 rings (SSSR count). The maximum Gasteiger partial charge on any atom is 0.185 e. The van der Waals surface area contributed by atoms with Gasteiger partial charge in [0.15, 0.2) is 11.6 Å². The van der Waals surface area contributed by atoms with E-state index in [4.69, 9.17) is 0 Å². The lowest BCUT2D eigenvalue weighted by Crippen LogP contribution is -2.02. The smallest absolute Gasteiger partial charge is 0.185 e. The van der Waals surface area contributed by atoms with Crippen molar-refractivity contribution in [1.82, 2.24) is 4.98 Å². The number of hydrogen-bond donors (Lipinski definition) is 1. The molecule has 0 unspecified atom stereocenters. The first-order valence-corrected chi connectivity index (χ1v) is 5.51. The van der Waals surface area contributed by atoms with Crippen LogP contribution in [0.2, 0.25) is 0 Å². The molecule has 1 aromatic heterocycles. The Morgan fingerprint density at radius 1 is 1.24 bits per heavy atom. The lowest BCUT2D eigenvalue weighted by atomic mass is 10.0. The average molecular weight is 236 g/mol. The molecular weight excluding hydrogens is 222 g/mol. The highest BCUT2D eigenvalue weighted by molar-refractivity contribution is 5.82. The quantitative estimate of drug-likeness (QED) is 0.860. The summed E-state index contributed by atoms with van der Waals surface area (Å²) < 4.78 is 26.7. The van der Waals surface area contributed by atoms with Gasteiger partial charge < -0.3 is 5.32 Å². The van der Waals surface area contributed by atoms with Crippen LogP contribution in [0.1, 0.15) is 25.3 Å². The number of nitrogens with zero attached hydrogens (tertiary/aromatic N) is 1. The minimum Gasteiger partial charge on any atom is -0.373 e. The maximum absolute atomic E-state index is 13.6. The number of benzene rings is 1. The first kappa shape index (κ1) is 11.8. The summed E-state index contributed by atoms with van der Waals surface area (Å²) in [5.74, 6) is -0.905. The van der Waals surface area contributed by atoms with Gasteiger partial charge in [0, 0.05) is 12.4 Å². The Kier molecular flexibility index (Phi) is 2.96. The van der Waals surface area contributed by atoms with Gasteiger partial charge in [0.1, 0.15) is 11.3 Å². The number of hydrogen-bond acceptors (Lipinski definition) is 2. The normalized spacial score (nSPS) is 11.2. The average Bonchev–Trinajstić information content (AvgIpc) is 2.32. The topological polar surface area (TPSA) is 24.9 Å². The van der Waals surface area contributed by atoms with Gasteiger partial charge in [0.05, 0.1) is 0 Å². The van der Waals surface area contributed by atoms with Gasteiger partial charge in [-0.05, 0) is 29.7 Å². The first-order valence-electron chi connectivity index (χ1n) is 5.51. The number of pyridine rings is 1. The molecule has 0 radical (unpaired) electrons. The van der Waals surface area contributed by atoms with E-state index in [1.807, 2.05) is 19.9 Å². The van der Waals surface area contributed by atoms with Crippen molar-refractivity contribution in [2.45, 2.75) is 19.8 Å². The van der Waals surface area contributed by atoms with Crippen LogP contribution in [-0.4, -0.2) is 12.0 Å². The standard InChI is InChI=1S/C13H14F2N2/c1-7(2)9-6-8-4-5-10(14)11(15)12(8)17-13(9)16-3/h4-7H,1-3H3,(H,16,17). The van der Waals surface area contributed by atoms with Crippen molar-refractivity contribution in [3.8, 4) is 0 Å². The zero-order valence-electron chi connectivity index (χ0n) is 10.0. The number of rotatable bonds is 2. The molecule has 0 aliphatic carbocycles. The van der Waals surface area contributed by atoms with Gasteiger partial charge in [-0.2, -0.15) is 0 Å². The second-order valence-corrected chi connectivity index (χ2v) is 4.26. The summed E-state index contributed by atoms with van der Waals surface area (Å²) in [6.45, 7) is 4.06. The molecule has 2 aromatic rings. The van der Waals surface area contributed by atoms with Crippen molar-refractivity contribution in [2.24, 2.45) is 0 Å². The van der Waals surface area contributed by atoms with E-state index >= 15 is 0 Å². The fourth-order valence-electron chi connectivity index (χ4n) is 1.84. The van der Waals surface area contributed by atoms with Crippen LogP contribution in [0.4, 0.5) is 14.6 Å². The van der Waals surface area contributed by atoms with Gasteiger partial charge >= 0.3 is 0 Å². The molecule has 0 fully saturated rings. The van der Waals surface area contributed by atoms with Gasteiger partial charge in [-0.25, -0.2) is 13.8 Å². The minimum absolute atomic E-state index is 0.0683. The van der Waals surface area contributed by atoms with E-state index in [0.29, 0.717) is 11.2 Å². The van der Waals surface area contributed by atoms with Crippen LogP contribution in [0.15, 0.2) is 18.2 Å². The third-order valence-electron chi connectivity index (χ3n) is 2.77. The van der Waals surface area contributed by atoms with Crippen LogP contribution in [0.3, 0.4) is 0 Å². The molecule has 0 saturated carbocycles. The Hall–Kier alpha value is -1.71. The zero-order valence-corrected chi connectivity index (χ0v) is 10.0. The lowest BCUT2D eigenvalue weighted by molar-refractivity contribution is 0.515. The highest BCUT2D eigenvalue weighted by Gasteiger charge is 2.13. The van der Waals surface area contributed by atoms with Crippen molar-refractivity contribution < 1.29 is 8.78 Å². The van der Waals surface area contributed by atoms with Crippen LogP contribution < -0.4 is 5.32 Å². The van der Waals surface area contributed by atoms with E-state index in [2.05, 4.69) is 10.3 Å². The predicted octanol–water partition coefficient (Wildman–Crippen LogP) is 3.68. The second kappa shape index (κ2) is 4.28. The summed E-state index contributed by atoms with van der Waals surface area (Å²) in [7, 11) is 1.72. The van der Waals surface area contributed by atoms with E-state index in [9.17, 15) is 8.78 Å². The van der Waals surface area contributed by atoms with Gasteiger partial charge in [0.2, 0.25) is 0 Å². The molecule has 2 nitrogen and oxygen atoms in total. The van der Waals surface area contributed by atoms with E-state index < -0.39 is 11.6 Å². The highest BCUT2D eigenvalue weighted by atomic mass is 19.2. The predicted molar refractivity (Wildman–Crippen MR) is 65.3 cm³/mol. The molecule has 0 aliphatic heterocycles. The number of fused-ring (bicyclic) bond motifs is 1. The molecular formula is C13H14F2N2. The molecule has 17 heavy (non-hydrogen) atoms. The van der Waals surface area contributed by atoms with Crippen molar-refractivity contribution in [3.63, 3.8) is 0 Å². The van der Waals surface area contributed by atoms with Gasteiger partial charge in [0.25, 0.3) is 0 Å². The molecule has 0 aliphatic rings. The molecule has 0 amide bonds. The van der Waals surface area contributed by atoms with E-state index in [1.54, 1.807) is 13.1 Å².